The smallest absolute Gasteiger partial charge is 0.166 e. The third-order valence-corrected chi connectivity index (χ3v) is 4.28. The second-order valence-corrected chi connectivity index (χ2v) is 6.04. The van der Waals surface area contributed by atoms with Crippen molar-refractivity contribution in [2.75, 3.05) is 5.73 Å². The van der Waals surface area contributed by atoms with Crippen LogP contribution in [0, 0.1) is 11.6 Å². The van der Waals surface area contributed by atoms with Gasteiger partial charge in [-0.1, -0.05) is 35.3 Å². The van der Waals surface area contributed by atoms with Gasteiger partial charge in [0.1, 0.15) is 6.61 Å². The number of rotatable bonds is 4. The molecule has 3 nitrogen and oxygen atoms in total. The van der Waals surface area contributed by atoms with Crippen LogP contribution in [0.2, 0.25) is 10.0 Å². The number of aromatic nitrogens is 1. The summed E-state index contributed by atoms with van der Waals surface area (Å²) in [4.78, 5) is 4.04. The van der Waals surface area contributed by atoms with E-state index >= 15 is 0 Å². The molecular weight excluding hydrogens is 369 g/mol. The molecule has 0 bridgehead atoms. The third-order valence-electron chi connectivity index (χ3n) is 3.57. The molecule has 0 saturated heterocycles. The number of hydrogen-bond acceptors (Lipinski definition) is 3. The van der Waals surface area contributed by atoms with Gasteiger partial charge in [0.05, 0.1) is 0 Å². The molecule has 0 radical (unpaired) electrons. The second kappa shape index (κ2) is 7.25. The molecule has 0 fully saturated rings. The molecule has 128 valence electrons. The van der Waals surface area contributed by atoms with Crippen LogP contribution < -0.4 is 10.5 Å². The van der Waals surface area contributed by atoms with Gasteiger partial charge < -0.3 is 10.5 Å². The number of hydrogen-bond donors (Lipinski definition) is 1. The molecule has 0 atom stereocenters. The van der Waals surface area contributed by atoms with Crippen LogP contribution in [0.5, 0.6) is 5.75 Å². The first-order chi connectivity index (χ1) is 12.0. The first-order valence-electron chi connectivity index (χ1n) is 7.22. The molecule has 0 saturated carbocycles. The second-order valence-electron chi connectivity index (χ2n) is 5.23. The molecule has 0 unspecified atom stereocenters. The van der Waals surface area contributed by atoms with E-state index < -0.39 is 11.6 Å². The third kappa shape index (κ3) is 3.83. The zero-order valence-electron chi connectivity index (χ0n) is 12.8. The van der Waals surface area contributed by atoms with Crippen molar-refractivity contribution in [2.45, 2.75) is 6.61 Å². The van der Waals surface area contributed by atoms with Crippen molar-refractivity contribution in [1.82, 2.24) is 4.98 Å². The molecule has 3 aromatic rings. The SMILES string of the molecule is Nc1ncc(-c2ccc(F)c(F)c2)cc1OCc1c(Cl)cccc1Cl. The summed E-state index contributed by atoms with van der Waals surface area (Å²) in [5.41, 5.74) is 7.43. The summed E-state index contributed by atoms with van der Waals surface area (Å²) in [5, 5.41) is 0.937. The van der Waals surface area contributed by atoms with E-state index in [9.17, 15) is 8.78 Å². The topological polar surface area (TPSA) is 48.1 Å². The lowest BCUT2D eigenvalue weighted by Crippen LogP contribution is -2.02. The van der Waals surface area contributed by atoms with Gasteiger partial charge in [-0.2, -0.15) is 0 Å². The Morgan fingerprint density at radius 2 is 1.68 bits per heavy atom. The first kappa shape index (κ1) is 17.5. The Balaban J connectivity index is 1.88. The minimum Gasteiger partial charge on any atom is -0.485 e. The van der Waals surface area contributed by atoms with Crippen LogP contribution in [-0.4, -0.2) is 4.98 Å². The van der Waals surface area contributed by atoms with Gasteiger partial charge in [0.25, 0.3) is 0 Å². The predicted octanol–water partition coefficient (Wildman–Crippen LogP) is 5.49. The maximum absolute atomic E-state index is 13.4. The average molecular weight is 381 g/mol. The van der Waals surface area contributed by atoms with Crippen LogP contribution in [-0.2, 0) is 6.61 Å². The van der Waals surface area contributed by atoms with E-state index in [1.54, 1.807) is 24.3 Å². The van der Waals surface area contributed by atoms with Crippen molar-refractivity contribution in [3.05, 3.63) is 75.9 Å². The number of ether oxygens (including phenoxy) is 1. The van der Waals surface area contributed by atoms with Gasteiger partial charge in [-0.3, -0.25) is 0 Å². The molecule has 0 spiro atoms. The number of pyridine rings is 1. The van der Waals surface area contributed by atoms with Gasteiger partial charge >= 0.3 is 0 Å². The highest BCUT2D eigenvalue weighted by molar-refractivity contribution is 6.35. The molecule has 0 aliphatic carbocycles. The molecule has 2 aromatic carbocycles. The quantitative estimate of drug-likeness (QED) is 0.650. The fourth-order valence-corrected chi connectivity index (χ4v) is 2.73. The Morgan fingerprint density at radius 3 is 2.36 bits per heavy atom. The molecule has 0 aliphatic rings. The lowest BCUT2D eigenvalue weighted by atomic mass is 10.1. The van der Waals surface area contributed by atoms with Crippen molar-refractivity contribution in [2.24, 2.45) is 0 Å². The Bertz CT molecular complexity index is 915. The highest BCUT2D eigenvalue weighted by Crippen LogP contribution is 2.30. The van der Waals surface area contributed by atoms with Gasteiger partial charge in [-0.05, 0) is 35.9 Å². The number of nitrogens with zero attached hydrogens (tertiary/aromatic N) is 1. The zero-order valence-corrected chi connectivity index (χ0v) is 14.3. The van der Waals surface area contributed by atoms with E-state index in [2.05, 4.69) is 4.98 Å². The van der Waals surface area contributed by atoms with E-state index in [1.165, 1.54) is 12.3 Å². The summed E-state index contributed by atoms with van der Waals surface area (Å²) in [7, 11) is 0. The summed E-state index contributed by atoms with van der Waals surface area (Å²) in [6.07, 6.45) is 1.46. The Morgan fingerprint density at radius 1 is 0.960 bits per heavy atom. The van der Waals surface area contributed by atoms with E-state index in [4.69, 9.17) is 33.7 Å². The van der Waals surface area contributed by atoms with Crippen LogP contribution in [0.3, 0.4) is 0 Å². The van der Waals surface area contributed by atoms with E-state index in [1.807, 2.05) is 0 Å². The predicted molar refractivity (Wildman–Crippen MR) is 94.8 cm³/mol. The molecule has 1 heterocycles. The van der Waals surface area contributed by atoms with Gasteiger partial charge in [0, 0.05) is 27.4 Å². The highest BCUT2D eigenvalue weighted by Gasteiger charge is 2.11. The van der Waals surface area contributed by atoms with Gasteiger partial charge in [-0.25, -0.2) is 13.8 Å². The molecule has 1 aromatic heterocycles. The van der Waals surface area contributed by atoms with E-state index in [-0.39, 0.29) is 12.4 Å². The molecule has 0 aliphatic heterocycles. The largest absolute Gasteiger partial charge is 0.485 e. The number of nitrogens with two attached hydrogens (primary N) is 1. The molecule has 2 N–H and O–H groups in total. The van der Waals surface area contributed by atoms with Crippen LogP contribution in [0.4, 0.5) is 14.6 Å². The number of halogens is 4. The standard InChI is InChI=1S/C18H12Cl2F2N2O/c19-13-2-1-3-14(20)12(13)9-25-17-7-11(8-24-18(17)23)10-4-5-15(21)16(22)6-10/h1-8H,9H2,(H2,23,24). The molecule has 3 rings (SSSR count). The lowest BCUT2D eigenvalue weighted by Gasteiger charge is -2.12. The van der Waals surface area contributed by atoms with Crippen LogP contribution >= 0.6 is 23.2 Å². The Hall–Kier alpha value is -2.37. The summed E-state index contributed by atoms with van der Waals surface area (Å²) >= 11 is 12.2. The van der Waals surface area contributed by atoms with Crippen molar-refractivity contribution >= 4 is 29.0 Å². The minimum absolute atomic E-state index is 0.0889. The summed E-state index contributed by atoms with van der Waals surface area (Å²) in [5.74, 6) is -1.41. The van der Waals surface area contributed by atoms with Crippen molar-refractivity contribution in [3.63, 3.8) is 0 Å². The normalized spacial score (nSPS) is 10.7. The molecule has 0 amide bonds. The number of benzene rings is 2. The van der Waals surface area contributed by atoms with Gasteiger partial charge in [0.15, 0.2) is 23.2 Å². The fraction of sp³-hybridized carbons (Fsp3) is 0.0556. The monoisotopic (exact) mass is 380 g/mol. The van der Waals surface area contributed by atoms with Crippen molar-refractivity contribution in [1.29, 1.82) is 0 Å². The lowest BCUT2D eigenvalue weighted by molar-refractivity contribution is 0.307. The van der Waals surface area contributed by atoms with Gasteiger partial charge in [-0.15, -0.1) is 0 Å². The Kier molecular flexibility index (Phi) is 5.06. The van der Waals surface area contributed by atoms with Crippen LogP contribution in [0.25, 0.3) is 11.1 Å². The Labute approximate surface area is 153 Å². The van der Waals surface area contributed by atoms with Crippen molar-refractivity contribution in [3.8, 4) is 16.9 Å². The fourth-order valence-electron chi connectivity index (χ4n) is 2.22. The highest BCUT2D eigenvalue weighted by atomic mass is 35.5. The zero-order chi connectivity index (χ0) is 18.0. The van der Waals surface area contributed by atoms with Crippen molar-refractivity contribution < 1.29 is 13.5 Å². The van der Waals surface area contributed by atoms with Crippen LogP contribution in [0.15, 0.2) is 48.7 Å². The molecular formula is C18H12Cl2F2N2O. The maximum atomic E-state index is 13.4. The maximum Gasteiger partial charge on any atom is 0.166 e. The van der Waals surface area contributed by atoms with E-state index in [0.717, 1.165) is 12.1 Å². The van der Waals surface area contributed by atoms with Gasteiger partial charge in [0.2, 0.25) is 0 Å². The summed E-state index contributed by atoms with van der Waals surface area (Å²) in [6, 6.07) is 10.3. The first-order valence-corrected chi connectivity index (χ1v) is 7.98. The van der Waals surface area contributed by atoms with Crippen LogP contribution in [0.1, 0.15) is 5.56 Å². The number of nitrogen functional groups attached to an aromatic ring is 1. The molecule has 25 heavy (non-hydrogen) atoms. The number of anilines is 1. The minimum atomic E-state index is -0.945. The molecule has 7 heteroatoms. The average Bonchev–Trinajstić information content (AvgIpc) is 2.58. The van der Waals surface area contributed by atoms with E-state index in [0.29, 0.717) is 32.5 Å². The summed E-state index contributed by atoms with van der Waals surface area (Å²) in [6.45, 7) is 0.0889. The summed E-state index contributed by atoms with van der Waals surface area (Å²) < 4.78 is 32.2.